The quantitative estimate of drug-likeness (QED) is 0.517. The highest BCUT2D eigenvalue weighted by molar-refractivity contribution is 5.61. The molecule has 0 spiro atoms. The van der Waals surface area contributed by atoms with Crippen LogP contribution < -0.4 is 0 Å². The van der Waals surface area contributed by atoms with E-state index in [-0.39, 0.29) is 11.7 Å². The third kappa shape index (κ3) is 1.83. The van der Waals surface area contributed by atoms with E-state index in [0.717, 1.165) is 38.5 Å². The predicted octanol–water partition coefficient (Wildman–Crippen LogP) is 2.14. The van der Waals surface area contributed by atoms with Crippen LogP contribution in [0.2, 0.25) is 0 Å². The summed E-state index contributed by atoms with van der Waals surface area (Å²) < 4.78 is 10.5. The molecular formula is C12H20O3. The normalized spacial score (nSPS) is 38.9. The van der Waals surface area contributed by atoms with Gasteiger partial charge in [0.25, 0.3) is 0 Å². The third-order valence-corrected chi connectivity index (χ3v) is 4.41. The lowest BCUT2D eigenvalue weighted by atomic mass is 9.80. The van der Waals surface area contributed by atoms with Crippen LogP contribution in [0.25, 0.3) is 0 Å². The lowest BCUT2D eigenvalue weighted by Crippen LogP contribution is -2.25. The van der Waals surface area contributed by atoms with Gasteiger partial charge in [0.1, 0.15) is 6.29 Å². The Hall–Kier alpha value is -0.410. The zero-order valence-corrected chi connectivity index (χ0v) is 9.62. The van der Waals surface area contributed by atoms with Crippen molar-refractivity contribution in [3.8, 4) is 0 Å². The average Bonchev–Trinajstić information content (AvgIpc) is 2.82. The molecular weight excluding hydrogens is 192 g/mol. The maximum absolute atomic E-state index is 11.1. The summed E-state index contributed by atoms with van der Waals surface area (Å²) >= 11 is 0. The van der Waals surface area contributed by atoms with Crippen LogP contribution in [0.15, 0.2) is 0 Å². The molecule has 0 unspecified atom stereocenters. The van der Waals surface area contributed by atoms with Crippen LogP contribution in [-0.4, -0.2) is 26.8 Å². The Morgan fingerprint density at radius 2 is 1.80 bits per heavy atom. The second kappa shape index (κ2) is 3.87. The average molecular weight is 212 g/mol. The number of rotatable bonds is 5. The zero-order valence-electron chi connectivity index (χ0n) is 9.62. The zero-order chi connectivity index (χ0) is 10.9. The highest BCUT2D eigenvalue weighted by atomic mass is 16.7. The van der Waals surface area contributed by atoms with E-state index in [1.54, 1.807) is 14.2 Å². The Labute approximate surface area is 91.1 Å². The van der Waals surface area contributed by atoms with Crippen molar-refractivity contribution in [2.24, 2.45) is 10.8 Å². The van der Waals surface area contributed by atoms with Crippen LogP contribution in [0, 0.1) is 10.8 Å². The number of carbonyl (C=O) groups excluding carboxylic acids is 1. The molecule has 2 saturated carbocycles. The molecule has 0 heterocycles. The van der Waals surface area contributed by atoms with Crippen molar-refractivity contribution in [1.29, 1.82) is 0 Å². The van der Waals surface area contributed by atoms with Gasteiger partial charge in [-0.1, -0.05) is 0 Å². The Bertz CT molecular complexity index is 237. The highest BCUT2D eigenvalue weighted by Gasteiger charge is 2.54. The first-order valence-corrected chi connectivity index (χ1v) is 5.70. The van der Waals surface area contributed by atoms with Crippen LogP contribution in [0.3, 0.4) is 0 Å². The van der Waals surface area contributed by atoms with E-state index < -0.39 is 0 Å². The van der Waals surface area contributed by atoms with Crippen molar-refractivity contribution < 1.29 is 14.3 Å². The molecule has 2 fully saturated rings. The summed E-state index contributed by atoms with van der Waals surface area (Å²) in [6.07, 6.45) is 7.53. The smallest absolute Gasteiger partial charge is 0.157 e. The first-order chi connectivity index (χ1) is 7.17. The topological polar surface area (TPSA) is 35.5 Å². The molecule has 15 heavy (non-hydrogen) atoms. The summed E-state index contributed by atoms with van der Waals surface area (Å²) in [5, 5.41) is 0. The van der Waals surface area contributed by atoms with Crippen molar-refractivity contribution in [1.82, 2.24) is 0 Å². The summed E-state index contributed by atoms with van der Waals surface area (Å²) in [5.74, 6) is 0. The van der Waals surface area contributed by atoms with E-state index in [1.807, 2.05) is 0 Å². The van der Waals surface area contributed by atoms with Gasteiger partial charge in [-0.15, -0.1) is 0 Å². The van der Waals surface area contributed by atoms with Gasteiger partial charge < -0.3 is 14.3 Å². The number of aldehydes is 1. The largest absolute Gasteiger partial charge is 0.356 e. The fourth-order valence-corrected chi connectivity index (χ4v) is 3.43. The Morgan fingerprint density at radius 1 is 1.20 bits per heavy atom. The number of ether oxygens (including phenoxy) is 2. The molecule has 0 N–H and O–H groups in total. The number of hydrogen-bond donors (Lipinski definition) is 0. The molecule has 0 aromatic heterocycles. The van der Waals surface area contributed by atoms with Gasteiger partial charge in [-0.25, -0.2) is 0 Å². The Kier molecular flexibility index (Phi) is 2.86. The molecule has 0 aromatic rings. The molecule has 2 rings (SSSR count). The van der Waals surface area contributed by atoms with Crippen molar-refractivity contribution in [3.05, 3.63) is 0 Å². The summed E-state index contributed by atoms with van der Waals surface area (Å²) in [6.45, 7) is 0. The summed E-state index contributed by atoms with van der Waals surface area (Å²) in [6, 6.07) is 0. The predicted molar refractivity (Wildman–Crippen MR) is 56.4 cm³/mol. The molecule has 0 aromatic carbocycles. The highest BCUT2D eigenvalue weighted by Crippen LogP contribution is 2.62. The van der Waals surface area contributed by atoms with Gasteiger partial charge >= 0.3 is 0 Å². The van der Waals surface area contributed by atoms with Gasteiger partial charge in [0.15, 0.2) is 6.29 Å². The van der Waals surface area contributed by atoms with Crippen molar-refractivity contribution in [2.75, 3.05) is 14.2 Å². The number of hydrogen-bond acceptors (Lipinski definition) is 3. The van der Waals surface area contributed by atoms with Gasteiger partial charge in [0.2, 0.25) is 0 Å². The molecule has 2 aliphatic carbocycles. The van der Waals surface area contributed by atoms with Gasteiger partial charge in [-0.2, -0.15) is 0 Å². The van der Waals surface area contributed by atoms with Gasteiger partial charge in [0, 0.05) is 26.1 Å². The molecule has 0 radical (unpaired) electrons. The third-order valence-electron chi connectivity index (χ3n) is 4.41. The first kappa shape index (κ1) is 11.1. The van der Waals surface area contributed by atoms with Crippen LogP contribution in [-0.2, 0) is 14.3 Å². The maximum Gasteiger partial charge on any atom is 0.157 e. The van der Waals surface area contributed by atoms with Crippen LogP contribution in [0.5, 0.6) is 0 Å². The lowest BCUT2D eigenvalue weighted by molar-refractivity contribution is -0.125. The molecule has 0 amide bonds. The van der Waals surface area contributed by atoms with Crippen molar-refractivity contribution >= 4 is 6.29 Å². The number of methoxy groups -OCH3 is 2. The van der Waals surface area contributed by atoms with E-state index in [1.165, 1.54) is 6.29 Å². The van der Waals surface area contributed by atoms with Gasteiger partial charge in [-0.05, 0) is 37.5 Å². The molecule has 0 aliphatic heterocycles. The molecule has 3 heteroatoms. The lowest BCUT2D eigenvalue weighted by Gasteiger charge is -2.29. The Morgan fingerprint density at radius 3 is 2.20 bits per heavy atom. The molecule has 0 saturated heterocycles. The minimum atomic E-state index is -0.106. The van der Waals surface area contributed by atoms with Crippen molar-refractivity contribution in [3.63, 3.8) is 0 Å². The van der Waals surface area contributed by atoms with E-state index in [4.69, 9.17) is 9.47 Å². The molecule has 86 valence electrons. The summed E-state index contributed by atoms with van der Waals surface area (Å²) in [5.41, 5.74) is 0.323. The van der Waals surface area contributed by atoms with E-state index in [0.29, 0.717) is 5.41 Å². The first-order valence-electron chi connectivity index (χ1n) is 5.70. The standard InChI is InChI=1S/C12H20O3/c1-14-10(15-2)7-11-3-5-12(8-11,9-13)6-4-11/h9-10H,3-8H2,1-2H3. The fourth-order valence-electron chi connectivity index (χ4n) is 3.43. The SMILES string of the molecule is COC(CC12CCC(C=O)(CC1)C2)OC. The second-order valence-electron chi connectivity index (χ2n) is 5.26. The number of carbonyl (C=O) groups is 1. The molecule has 2 aliphatic rings. The molecule has 2 bridgehead atoms. The maximum atomic E-state index is 11.1. The molecule has 3 nitrogen and oxygen atoms in total. The van der Waals surface area contributed by atoms with E-state index in [2.05, 4.69) is 0 Å². The minimum absolute atomic E-state index is 0.00598. The van der Waals surface area contributed by atoms with E-state index >= 15 is 0 Å². The number of fused-ring (bicyclic) bond motifs is 2. The minimum Gasteiger partial charge on any atom is -0.356 e. The summed E-state index contributed by atoms with van der Waals surface area (Å²) in [7, 11) is 3.36. The monoisotopic (exact) mass is 212 g/mol. The van der Waals surface area contributed by atoms with Gasteiger partial charge in [0.05, 0.1) is 0 Å². The fraction of sp³-hybridized carbons (Fsp3) is 0.917. The van der Waals surface area contributed by atoms with Gasteiger partial charge in [-0.3, -0.25) is 0 Å². The van der Waals surface area contributed by atoms with Crippen LogP contribution >= 0.6 is 0 Å². The second-order valence-corrected chi connectivity index (χ2v) is 5.26. The Balaban J connectivity index is 2.02. The summed E-state index contributed by atoms with van der Waals surface area (Å²) in [4.78, 5) is 11.1. The van der Waals surface area contributed by atoms with Crippen LogP contribution in [0.4, 0.5) is 0 Å². The van der Waals surface area contributed by atoms with Crippen LogP contribution in [0.1, 0.15) is 38.5 Å². The molecule has 0 atom stereocenters. The van der Waals surface area contributed by atoms with Crippen molar-refractivity contribution in [2.45, 2.75) is 44.8 Å². The van der Waals surface area contributed by atoms with E-state index in [9.17, 15) is 4.79 Å².